The Morgan fingerprint density at radius 3 is 2.93 bits per heavy atom. The number of nitrogens with one attached hydrogen (secondary N) is 1. The van der Waals surface area contributed by atoms with Gasteiger partial charge in [0.1, 0.15) is 5.15 Å². The molecule has 0 saturated carbocycles. The highest BCUT2D eigenvalue weighted by Gasteiger charge is 2.23. The van der Waals surface area contributed by atoms with Gasteiger partial charge in [-0.2, -0.15) is 5.10 Å². The van der Waals surface area contributed by atoms with Gasteiger partial charge < -0.3 is 10.1 Å². The molecule has 1 aromatic heterocycles. The monoisotopic (exact) mass is 215 g/mol. The van der Waals surface area contributed by atoms with Crippen LogP contribution in [0, 0.1) is 6.92 Å². The van der Waals surface area contributed by atoms with Crippen molar-refractivity contribution in [3.63, 3.8) is 0 Å². The van der Waals surface area contributed by atoms with E-state index in [1.807, 2.05) is 14.0 Å². The van der Waals surface area contributed by atoms with Crippen LogP contribution in [0.1, 0.15) is 17.4 Å². The van der Waals surface area contributed by atoms with Crippen LogP contribution in [-0.2, 0) is 11.8 Å². The van der Waals surface area contributed by atoms with Crippen molar-refractivity contribution in [2.75, 3.05) is 19.7 Å². The number of hydrogen-bond donors (Lipinski definition) is 1. The second kappa shape index (κ2) is 3.88. The van der Waals surface area contributed by atoms with Crippen molar-refractivity contribution in [1.29, 1.82) is 0 Å². The lowest BCUT2D eigenvalue weighted by Crippen LogP contribution is -2.33. The third-order valence-electron chi connectivity index (χ3n) is 2.45. The number of rotatable bonds is 1. The Morgan fingerprint density at radius 2 is 2.43 bits per heavy atom. The third kappa shape index (κ3) is 1.65. The third-order valence-corrected chi connectivity index (χ3v) is 2.89. The number of hydrogen-bond acceptors (Lipinski definition) is 3. The van der Waals surface area contributed by atoms with Gasteiger partial charge in [0.2, 0.25) is 0 Å². The molecule has 1 unspecified atom stereocenters. The van der Waals surface area contributed by atoms with E-state index in [0.29, 0.717) is 5.15 Å². The fourth-order valence-electron chi connectivity index (χ4n) is 1.76. The van der Waals surface area contributed by atoms with Crippen LogP contribution in [0.2, 0.25) is 5.15 Å². The molecule has 5 heteroatoms. The number of halogens is 1. The van der Waals surface area contributed by atoms with Crippen LogP contribution in [0.5, 0.6) is 0 Å². The van der Waals surface area contributed by atoms with Gasteiger partial charge in [-0.05, 0) is 6.92 Å². The van der Waals surface area contributed by atoms with Crippen molar-refractivity contribution in [2.45, 2.75) is 13.0 Å². The molecule has 4 nitrogen and oxygen atoms in total. The highest BCUT2D eigenvalue weighted by atomic mass is 35.5. The smallest absolute Gasteiger partial charge is 0.132 e. The topological polar surface area (TPSA) is 39.1 Å². The average Bonchev–Trinajstić information content (AvgIpc) is 2.43. The number of aromatic nitrogens is 2. The highest BCUT2D eigenvalue weighted by molar-refractivity contribution is 6.30. The molecule has 0 radical (unpaired) electrons. The van der Waals surface area contributed by atoms with E-state index in [1.165, 1.54) is 0 Å². The van der Waals surface area contributed by atoms with Crippen molar-refractivity contribution in [2.24, 2.45) is 7.05 Å². The minimum atomic E-state index is 0.0462. The van der Waals surface area contributed by atoms with E-state index in [1.54, 1.807) is 4.68 Å². The SMILES string of the molecule is Cc1nn(C)c(Cl)c1C1CNCCO1. The molecule has 2 rings (SSSR count). The molecule has 0 aromatic carbocycles. The maximum atomic E-state index is 6.14. The standard InChI is InChI=1S/C9H14ClN3O/c1-6-8(9(10)13(2)12-6)7-5-11-3-4-14-7/h7,11H,3-5H2,1-2H3. The van der Waals surface area contributed by atoms with E-state index in [0.717, 1.165) is 31.0 Å². The zero-order valence-corrected chi connectivity index (χ0v) is 9.14. The summed E-state index contributed by atoms with van der Waals surface area (Å²) in [5, 5.41) is 8.22. The molecule has 1 fully saturated rings. The van der Waals surface area contributed by atoms with E-state index in [4.69, 9.17) is 16.3 Å². The van der Waals surface area contributed by atoms with Crippen molar-refractivity contribution < 1.29 is 4.74 Å². The lowest BCUT2D eigenvalue weighted by molar-refractivity contribution is 0.0273. The molecule has 0 amide bonds. The summed E-state index contributed by atoms with van der Waals surface area (Å²) in [4.78, 5) is 0. The molecule has 1 aromatic rings. The van der Waals surface area contributed by atoms with Crippen LogP contribution in [0.4, 0.5) is 0 Å². The Kier molecular flexibility index (Phi) is 2.76. The van der Waals surface area contributed by atoms with E-state index < -0.39 is 0 Å². The van der Waals surface area contributed by atoms with Gasteiger partial charge in [0, 0.05) is 25.7 Å². The van der Waals surface area contributed by atoms with Crippen LogP contribution < -0.4 is 5.32 Å². The Bertz CT molecular complexity index is 331. The van der Waals surface area contributed by atoms with Gasteiger partial charge in [-0.15, -0.1) is 0 Å². The summed E-state index contributed by atoms with van der Waals surface area (Å²) >= 11 is 6.14. The Labute approximate surface area is 88.2 Å². The summed E-state index contributed by atoms with van der Waals surface area (Å²) in [7, 11) is 1.84. The summed E-state index contributed by atoms with van der Waals surface area (Å²) in [6, 6.07) is 0. The fourth-order valence-corrected chi connectivity index (χ4v) is 2.06. The first-order chi connectivity index (χ1) is 6.70. The molecule has 1 aliphatic rings. The number of ether oxygens (including phenoxy) is 1. The van der Waals surface area contributed by atoms with Crippen molar-refractivity contribution in [1.82, 2.24) is 15.1 Å². The minimum absolute atomic E-state index is 0.0462. The van der Waals surface area contributed by atoms with Crippen LogP contribution >= 0.6 is 11.6 Å². The van der Waals surface area contributed by atoms with Gasteiger partial charge in [-0.25, -0.2) is 0 Å². The maximum absolute atomic E-state index is 6.14. The molecule has 1 aliphatic heterocycles. The first-order valence-corrected chi connectivity index (χ1v) is 5.09. The molecular formula is C9H14ClN3O. The first-order valence-electron chi connectivity index (χ1n) is 4.71. The fraction of sp³-hybridized carbons (Fsp3) is 0.667. The second-order valence-electron chi connectivity index (χ2n) is 3.48. The van der Waals surface area contributed by atoms with Gasteiger partial charge in [-0.3, -0.25) is 4.68 Å². The number of morpholine rings is 1. The molecule has 0 bridgehead atoms. The van der Waals surface area contributed by atoms with Gasteiger partial charge in [0.05, 0.1) is 18.4 Å². The van der Waals surface area contributed by atoms with Gasteiger partial charge >= 0.3 is 0 Å². The number of nitrogens with zero attached hydrogens (tertiary/aromatic N) is 2. The van der Waals surface area contributed by atoms with Crippen molar-refractivity contribution >= 4 is 11.6 Å². The van der Waals surface area contributed by atoms with Crippen LogP contribution in [0.3, 0.4) is 0 Å². The molecule has 0 spiro atoms. The van der Waals surface area contributed by atoms with E-state index in [-0.39, 0.29) is 6.10 Å². The lowest BCUT2D eigenvalue weighted by atomic mass is 10.1. The minimum Gasteiger partial charge on any atom is -0.371 e. The summed E-state index contributed by atoms with van der Waals surface area (Å²) in [6.45, 7) is 4.41. The maximum Gasteiger partial charge on any atom is 0.132 e. The average molecular weight is 216 g/mol. The van der Waals surface area contributed by atoms with Crippen LogP contribution in [0.15, 0.2) is 0 Å². The van der Waals surface area contributed by atoms with E-state index in [9.17, 15) is 0 Å². The largest absolute Gasteiger partial charge is 0.371 e. The van der Waals surface area contributed by atoms with E-state index >= 15 is 0 Å². The molecule has 14 heavy (non-hydrogen) atoms. The Hall–Kier alpha value is -0.580. The van der Waals surface area contributed by atoms with Gasteiger partial charge in [-0.1, -0.05) is 11.6 Å². The van der Waals surface area contributed by atoms with Crippen LogP contribution in [0.25, 0.3) is 0 Å². The van der Waals surface area contributed by atoms with E-state index in [2.05, 4.69) is 10.4 Å². The zero-order valence-electron chi connectivity index (χ0n) is 8.38. The Balaban J connectivity index is 2.29. The summed E-state index contributed by atoms with van der Waals surface area (Å²) in [5.41, 5.74) is 1.97. The van der Waals surface area contributed by atoms with Crippen LogP contribution in [-0.4, -0.2) is 29.5 Å². The second-order valence-corrected chi connectivity index (χ2v) is 3.84. The number of aryl methyl sites for hydroxylation is 2. The molecule has 1 N–H and O–H groups in total. The van der Waals surface area contributed by atoms with Crippen molar-refractivity contribution in [3.8, 4) is 0 Å². The normalized spacial score (nSPS) is 22.6. The summed E-state index contributed by atoms with van der Waals surface area (Å²) < 4.78 is 7.32. The highest BCUT2D eigenvalue weighted by Crippen LogP contribution is 2.28. The molecular weight excluding hydrogens is 202 g/mol. The predicted molar refractivity (Wildman–Crippen MR) is 54.5 cm³/mol. The first kappa shape index (κ1) is 9.96. The zero-order chi connectivity index (χ0) is 10.1. The molecule has 0 aliphatic carbocycles. The molecule has 1 atom stereocenters. The quantitative estimate of drug-likeness (QED) is 0.761. The van der Waals surface area contributed by atoms with Gasteiger partial charge in [0.15, 0.2) is 0 Å². The molecule has 78 valence electrons. The predicted octanol–water partition coefficient (Wildman–Crippen LogP) is 1.04. The lowest BCUT2D eigenvalue weighted by Gasteiger charge is -2.23. The van der Waals surface area contributed by atoms with Gasteiger partial charge in [0.25, 0.3) is 0 Å². The summed E-state index contributed by atoms with van der Waals surface area (Å²) in [6.07, 6.45) is 0.0462. The molecule has 1 saturated heterocycles. The Morgan fingerprint density at radius 1 is 1.64 bits per heavy atom. The summed E-state index contributed by atoms with van der Waals surface area (Å²) in [5.74, 6) is 0. The van der Waals surface area contributed by atoms with Crippen molar-refractivity contribution in [3.05, 3.63) is 16.4 Å². The molecule has 2 heterocycles.